The van der Waals surface area contributed by atoms with Crippen molar-refractivity contribution >= 4 is 32.4 Å². The number of rotatable bonds is 2. The number of thiazole rings is 1. The summed E-state index contributed by atoms with van der Waals surface area (Å²) in [5.41, 5.74) is 2.22. The Balaban J connectivity index is 1.87. The average Bonchev–Trinajstić information content (AvgIpc) is 2.90. The van der Waals surface area contributed by atoms with Crippen molar-refractivity contribution < 1.29 is 0 Å². The Hall–Kier alpha value is -0.910. The van der Waals surface area contributed by atoms with Crippen molar-refractivity contribution in [2.24, 2.45) is 0 Å². The molecule has 1 aromatic heterocycles. The number of hydrogen-bond acceptors (Lipinski definition) is 4. The molecule has 1 saturated heterocycles. The molecule has 1 aliphatic heterocycles. The van der Waals surface area contributed by atoms with Gasteiger partial charge in [0.25, 0.3) is 0 Å². The number of benzene rings is 1. The van der Waals surface area contributed by atoms with Crippen LogP contribution in [0.3, 0.4) is 0 Å². The van der Waals surface area contributed by atoms with Crippen LogP contribution in [0.15, 0.2) is 34.1 Å². The van der Waals surface area contributed by atoms with Crippen molar-refractivity contribution in [2.75, 3.05) is 31.1 Å². The molecule has 3 nitrogen and oxygen atoms in total. The third-order valence-electron chi connectivity index (χ3n) is 3.03. The van der Waals surface area contributed by atoms with Crippen LogP contribution >= 0.6 is 27.3 Å². The second-order valence-corrected chi connectivity index (χ2v) is 5.92. The topological polar surface area (TPSA) is 28.2 Å². The Morgan fingerprint density at radius 3 is 2.78 bits per heavy atom. The van der Waals surface area contributed by atoms with E-state index >= 15 is 0 Å². The number of halogens is 1. The van der Waals surface area contributed by atoms with E-state index < -0.39 is 0 Å². The van der Waals surface area contributed by atoms with Crippen LogP contribution in [0.1, 0.15) is 0 Å². The van der Waals surface area contributed by atoms with Gasteiger partial charge in [-0.1, -0.05) is 34.1 Å². The maximum atomic E-state index is 4.75. The summed E-state index contributed by atoms with van der Waals surface area (Å²) in [6, 6.07) is 8.22. The molecule has 0 unspecified atom stereocenters. The lowest BCUT2D eigenvalue weighted by molar-refractivity contribution is 0.588. The largest absolute Gasteiger partial charge is 0.346 e. The molecule has 3 rings (SSSR count). The van der Waals surface area contributed by atoms with Gasteiger partial charge < -0.3 is 10.2 Å². The smallest absolute Gasteiger partial charge is 0.185 e. The lowest BCUT2D eigenvalue weighted by Gasteiger charge is -2.26. The predicted octanol–water partition coefficient (Wildman–Crippen LogP) is 2.98. The van der Waals surface area contributed by atoms with Crippen molar-refractivity contribution in [3.8, 4) is 11.3 Å². The number of piperazine rings is 1. The van der Waals surface area contributed by atoms with Crippen molar-refractivity contribution in [3.63, 3.8) is 0 Å². The van der Waals surface area contributed by atoms with E-state index in [2.05, 4.69) is 43.7 Å². The average molecular weight is 324 g/mol. The molecule has 1 N–H and O–H groups in total. The van der Waals surface area contributed by atoms with Gasteiger partial charge >= 0.3 is 0 Å². The van der Waals surface area contributed by atoms with Crippen LogP contribution in [-0.4, -0.2) is 31.2 Å². The van der Waals surface area contributed by atoms with Crippen LogP contribution in [0, 0.1) is 0 Å². The maximum Gasteiger partial charge on any atom is 0.185 e. The van der Waals surface area contributed by atoms with E-state index in [0.717, 1.165) is 47.0 Å². The van der Waals surface area contributed by atoms with Crippen LogP contribution in [-0.2, 0) is 0 Å². The molecule has 1 aliphatic rings. The summed E-state index contributed by atoms with van der Waals surface area (Å²) in [7, 11) is 0. The summed E-state index contributed by atoms with van der Waals surface area (Å²) >= 11 is 5.31. The van der Waals surface area contributed by atoms with Crippen molar-refractivity contribution in [1.29, 1.82) is 0 Å². The Kier molecular flexibility index (Phi) is 3.63. The van der Waals surface area contributed by atoms with Gasteiger partial charge in [-0.05, 0) is 6.07 Å². The second-order valence-electron chi connectivity index (χ2n) is 4.23. The molecule has 0 amide bonds. The molecule has 0 aliphatic carbocycles. The number of anilines is 1. The fraction of sp³-hybridized carbons (Fsp3) is 0.308. The van der Waals surface area contributed by atoms with E-state index in [1.165, 1.54) is 0 Å². The van der Waals surface area contributed by atoms with Gasteiger partial charge in [0.2, 0.25) is 0 Å². The van der Waals surface area contributed by atoms with Crippen LogP contribution in [0.2, 0.25) is 0 Å². The minimum Gasteiger partial charge on any atom is -0.346 e. The van der Waals surface area contributed by atoms with Gasteiger partial charge in [0, 0.05) is 41.6 Å². The SMILES string of the molecule is Brc1ccccc1-c1csc(N2CCNCC2)n1. The molecule has 2 aromatic rings. The molecule has 0 bridgehead atoms. The highest BCUT2D eigenvalue weighted by atomic mass is 79.9. The van der Waals surface area contributed by atoms with Crippen molar-refractivity contribution in [3.05, 3.63) is 34.1 Å². The zero-order valence-electron chi connectivity index (χ0n) is 9.90. The quantitative estimate of drug-likeness (QED) is 0.920. The number of aromatic nitrogens is 1. The standard InChI is InChI=1S/C13H14BrN3S/c14-11-4-2-1-3-10(11)12-9-18-13(16-12)17-7-5-15-6-8-17/h1-4,9,15H,5-8H2. The first kappa shape index (κ1) is 12.1. The van der Waals surface area contributed by atoms with Crippen LogP contribution < -0.4 is 10.2 Å². The third kappa shape index (κ3) is 2.43. The van der Waals surface area contributed by atoms with Gasteiger partial charge in [0.1, 0.15) is 0 Å². The minimum absolute atomic E-state index is 1.04. The lowest BCUT2D eigenvalue weighted by atomic mass is 10.2. The van der Waals surface area contributed by atoms with Gasteiger partial charge in [-0.25, -0.2) is 4.98 Å². The van der Waals surface area contributed by atoms with E-state index in [0.29, 0.717) is 0 Å². The third-order valence-corrected chi connectivity index (χ3v) is 4.62. The monoisotopic (exact) mass is 323 g/mol. The summed E-state index contributed by atoms with van der Waals surface area (Å²) < 4.78 is 1.10. The van der Waals surface area contributed by atoms with Gasteiger partial charge in [-0.3, -0.25) is 0 Å². The molecular weight excluding hydrogens is 310 g/mol. The maximum absolute atomic E-state index is 4.75. The second kappa shape index (κ2) is 5.38. The Labute approximate surface area is 119 Å². The van der Waals surface area contributed by atoms with Crippen molar-refractivity contribution in [1.82, 2.24) is 10.3 Å². The molecular formula is C13H14BrN3S. The molecule has 0 spiro atoms. The fourth-order valence-electron chi connectivity index (χ4n) is 2.06. The zero-order chi connectivity index (χ0) is 12.4. The highest BCUT2D eigenvalue weighted by Gasteiger charge is 2.15. The molecule has 0 atom stereocenters. The summed E-state index contributed by atoms with van der Waals surface area (Å²) in [4.78, 5) is 7.10. The van der Waals surface area contributed by atoms with Gasteiger partial charge in [0.05, 0.1) is 5.69 Å². The molecule has 18 heavy (non-hydrogen) atoms. The van der Waals surface area contributed by atoms with Gasteiger partial charge in [-0.15, -0.1) is 11.3 Å². The van der Waals surface area contributed by atoms with E-state index in [1.54, 1.807) is 11.3 Å². The Morgan fingerprint density at radius 2 is 2.00 bits per heavy atom. The molecule has 2 heterocycles. The first-order chi connectivity index (χ1) is 8.84. The molecule has 1 fully saturated rings. The van der Waals surface area contributed by atoms with E-state index in [-0.39, 0.29) is 0 Å². The lowest BCUT2D eigenvalue weighted by Crippen LogP contribution is -2.43. The predicted molar refractivity (Wildman–Crippen MR) is 80.3 cm³/mol. The summed E-state index contributed by atoms with van der Waals surface area (Å²) in [6.45, 7) is 4.18. The first-order valence-corrected chi connectivity index (χ1v) is 7.68. The Morgan fingerprint density at radius 1 is 1.22 bits per heavy atom. The molecule has 1 aromatic carbocycles. The van der Waals surface area contributed by atoms with Gasteiger partial charge in [-0.2, -0.15) is 0 Å². The van der Waals surface area contributed by atoms with E-state index in [4.69, 9.17) is 4.98 Å². The highest BCUT2D eigenvalue weighted by molar-refractivity contribution is 9.10. The van der Waals surface area contributed by atoms with E-state index in [9.17, 15) is 0 Å². The molecule has 94 valence electrons. The molecule has 0 saturated carbocycles. The fourth-order valence-corrected chi connectivity index (χ4v) is 3.43. The molecule has 0 radical (unpaired) electrons. The van der Waals surface area contributed by atoms with Gasteiger partial charge in [0.15, 0.2) is 5.13 Å². The van der Waals surface area contributed by atoms with Crippen LogP contribution in [0.5, 0.6) is 0 Å². The van der Waals surface area contributed by atoms with Crippen LogP contribution in [0.25, 0.3) is 11.3 Å². The van der Waals surface area contributed by atoms with Crippen LogP contribution in [0.4, 0.5) is 5.13 Å². The van der Waals surface area contributed by atoms with Crippen molar-refractivity contribution in [2.45, 2.75) is 0 Å². The number of nitrogens with zero attached hydrogens (tertiary/aromatic N) is 2. The summed E-state index contributed by atoms with van der Waals surface area (Å²) in [5.74, 6) is 0. The highest BCUT2D eigenvalue weighted by Crippen LogP contribution is 2.31. The minimum atomic E-state index is 1.04. The van der Waals surface area contributed by atoms with E-state index in [1.807, 2.05) is 12.1 Å². The normalized spacial score (nSPS) is 15.9. The Bertz CT molecular complexity index is 535. The number of hydrogen-bond donors (Lipinski definition) is 1. The number of nitrogens with one attached hydrogen (secondary N) is 1. The summed E-state index contributed by atoms with van der Waals surface area (Å²) in [5, 5.41) is 6.62. The molecule has 5 heteroatoms. The summed E-state index contributed by atoms with van der Waals surface area (Å²) in [6.07, 6.45) is 0. The zero-order valence-corrected chi connectivity index (χ0v) is 12.3. The first-order valence-electron chi connectivity index (χ1n) is 6.01.